The molecule has 2 bridgehead atoms. The number of nitrogens with zero attached hydrogens (tertiary/aromatic N) is 1. The summed E-state index contributed by atoms with van der Waals surface area (Å²) < 4.78 is 6.96. The van der Waals surface area contributed by atoms with Crippen LogP contribution in [0.25, 0.3) is 0 Å². The molecule has 0 aliphatic carbocycles. The maximum atomic E-state index is 11.8. The zero-order valence-electron chi connectivity index (χ0n) is 10.2. The van der Waals surface area contributed by atoms with E-state index in [-0.39, 0.29) is 11.9 Å². The number of nitrogens with one attached hydrogen (secondary N) is 1. The van der Waals surface area contributed by atoms with Crippen LogP contribution in [0.15, 0.2) is 15.8 Å². The van der Waals surface area contributed by atoms with E-state index < -0.39 is 29.2 Å². The molecule has 0 aromatic carbocycles. The molecule has 2 fully saturated rings. The summed E-state index contributed by atoms with van der Waals surface area (Å²) in [5.41, 5.74) is -1.63. The lowest BCUT2D eigenvalue weighted by molar-refractivity contribution is -0.114. The summed E-state index contributed by atoms with van der Waals surface area (Å²) in [6.07, 6.45) is -0.0826. The number of aliphatic hydroxyl groups is 2. The van der Waals surface area contributed by atoms with Gasteiger partial charge in [-0.05, 0) is 6.92 Å². The average molecular weight is 286 g/mol. The molecular weight excluding hydrogens is 272 g/mol. The second-order valence-corrected chi connectivity index (χ2v) is 6.10. The first-order valence-corrected chi connectivity index (χ1v) is 6.94. The van der Waals surface area contributed by atoms with Gasteiger partial charge in [0.05, 0.1) is 11.9 Å². The fourth-order valence-electron chi connectivity index (χ4n) is 2.53. The van der Waals surface area contributed by atoms with Crippen molar-refractivity contribution in [1.82, 2.24) is 9.55 Å². The fourth-order valence-corrected chi connectivity index (χ4v) is 4.12. The number of hydrogen-bond donors (Lipinski definition) is 3. The summed E-state index contributed by atoms with van der Waals surface area (Å²) in [5.74, 6) is 0.489. The number of aromatic nitrogens is 2. The summed E-state index contributed by atoms with van der Waals surface area (Å²) in [6, 6.07) is 0. The van der Waals surface area contributed by atoms with Crippen LogP contribution in [0.1, 0.15) is 11.8 Å². The molecular formula is C11H14N2O5S. The second-order valence-electron chi connectivity index (χ2n) is 4.93. The number of thioether (sulfide) groups is 1. The van der Waals surface area contributed by atoms with E-state index in [4.69, 9.17) is 4.74 Å². The van der Waals surface area contributed by atoms with Crippen molar-refractivity contribution < 1.29 is 14.9 Å². The Labute approximate surface area is 112 Å². The maximum Gasteiger partial charge on any atom is 0.330 e. The van der Waals surface area contributed by atoms with Gasteiger partial charge in [-0.25, -0.2) is 4.79 Å². The second kappa shape index (κ2) is 4.20. The Morgan fingerprint density at radius 2 is 2.37 bits per heavy atom. The van der Waals surface area contributed by atoms with Crippen molar-refractivity contribution in [1.29, 1.82) is 0 Å². The van der Waals surface area contributed by atoms with E-state index in [9.17, 15) is 19.8 Å². The first-order valence-electron chi connectivity index (χ1n) is 5.89. The molecule has 0 amide bonds. The molecule has 0 spiro atoms. The summed E-state index contributed by atoms with van der Waals surface area (Å²) in [7, 11) is 0. The van der Waals surface area contributed by atoms with Crippen LogP contribution in [-0.2, 0) is 4.74 Å². The number of rotatable bonds is 2. The first-order chi connectivity index (χ1) is 8.98. The van der Waals surface area contributed by atoms with E-state index in [1.54, 1.807) is 6.92 Å². The third-order valence-corrected chi connectivity index (χ3v) is 5.23. The average Bonchev–Trinajstić information content (AvgIpc) is 2.85. The molecule has 8 heteroatoms. The van der Waals surface area contributed by atoms with Crippen molar-refractivity contribution >= 4 is 11.8 Å². The molecule has 7 nitrogen and oxygen atoms in total. The lowest BCUT2D eigenvalue weighted by Crippen LogP contribution is -2.44. The van der Waals surface area contributed by atoms with E-state index >= 15 is 0 Å². The zero-order chi connectivity index (χ0) is 13.8. The minimum absolute atomic E-state index is 0.300. The predicted molar refractivity (Wildman–Crippen MR) is 68.3 cm³/mol. The lowest BCUT2D eigenvalue weighted by atomic mass is 10.0. The molecule has 4 atom stereocenters. The predicted octanol–water partition coefficient (Wildman–Crippen LogP) is -1.42. The van der Waals surface area contributed by atoms with Crippen molar-refractivity contribution in [3.05, 3.63) is 32.6 Å². The van der Waals surface area contributed by atoms with Crippen molar-refractivity contribution in [3.8, 4) is 0 Å². The van der Waals surface area contributed by atoms with Gasteiger partial charge in [-0.1, -0.05) is 0 Å². The van der Waals surface area contributed by atoms with E-state index in [1.807, 2.05) is 0 Å². The Balaban J connectivity index is 2.04. The number of hydrogen-bond acceptors (Lipinski definition) is 6. The van der Waals surface area contributed by atoms with Crippen LogP contribution < -0.4 is 11.2 Å². The van der Waals surface area contributed by atoms with Crippen molar-refractivity contribution in [2.45, 2.75) is 30.1 Å². The highest BCUT2D eigenvalue weighted by molar-refractivity contribution is 8.00. The van der Waals surface area contributed by atoms with Crippen molar-refractivity contribution in [2.75, 3.05) is 12.4 Å². The number of aliphatic hydroxyl groups excluding tert-OH is 2. The first kappa shape index (κ1) is 12.9. The Morgan fingerprint density at radius 1 is 1.63 bits per heavy atom. The van der Waals surface area contributed by atoms with Crippen LogP contribution in [0.2, 0.25) is 0 Å². The van der Waals surface area contributed by atoms with Gasteiger partial charge < -0.3 is 14.9 Å². The Morgan fingerprint density at radius 3 is 3.00 bits per heavy atom. The van der Waals surface area contributed by atoms with Gasteiger partial charge in [-0.3, -0.25) is 14.3 Å². The zero-order valence-corrected chi connectivity index (χ0v) is 11.0. The molecule has 1 aromatic rings. The maximum absolute atomic E-state index is 11.8. The van der Waals surface area contributed by atoms with Crippen molar-refractivity contribution in [2.24, 2.45) is 0 Å². The van der Waals surface area contributed by atoms with Crippen LogP contribution in [-0.4, -0.2) is 49.1 Å². The van der Waals surface area contributed by atoms with E-state index in [1.165, 1.54) is 22.5 Å². The van der Waals surface area contributed by atoms with Crippen LogP contribution in [0.4, 0.5) is 0 Å². The van der Waals surface area contributed by atoms with Gasteiger partial charge in [0.2, 0.25) is 0 Å². The van der Waals surface area contributed by atoms with Gasteiger partial charge in [0.1, 0.15) is 11.7 Å². The monoisotopic (exact) mass is 286 g/mol. The molecule has 2 saturated heterocycles. The van der Waals surface area contributed by atoms with Gasteiger partial charge in [0, 0.05) is 17.5 Å². The number of aromatic amines is 1. The quantitative estimate of drug-likeness (QED) is 0.616. The molecule has 1 aromatic heterocycles. The molecule has 19 heavy (non-hydrogen) atoms. The van der Waals surface area contributed by atoms with Gasteiger partial charge >= 0.3 is 5.69 Å². The molecule has 104 valence electrons. The summed E-state index contributed by atoms with van der Waals surface area (Å²) >= 11 is 1.46. The Hall–Kier alpha value is -1.09. The summed E-state index contributed by atoms with van der Waals surface area (Å²) in [5, 5.41) is 19.2. The molecule has 3 heterocycles. The van der Waals surface area contributed by atoms with E-state index in [0.717, 1.165) is 0 Å². The summed E-state index contributed by atoms with van der Waals surface area (Å²) in [6.45, 7) is 1.29. The Bertz CT molecular complexity index is 626. The largest absolute Gasteiger partial charge is 0.393 e. The molecule has 0 saturated carbocycles. The van der Waals surface area contributed by atoms with E-state index in [2.05, 4.69) is 4.98 Å². The highest BCUT2D eigenvalue weighted by Crippen LogP contribution is 2.51. The van der Waals surface area contributed by atoms with Gasteiger partial charge in [0.15, 0.2) is 6.23 Å². The fraction of sp³-hybridized carbons (Fsp3) is 0.636. The van der Waals surface area contributed by atoms with Gasteiger partial charge in [-0.15, -0.1) is 11.8 Å². The molecule has 2 aliphatic heterocycles. The Kier molecular flexibility index (Phi) is 2.86. The molecule has 1 unspecified atom stereocenters. The van der Waals surface area contributed by atoms with Crippen molar-refractivity contribution in [3.63, 3.8) is 0 Å². The highest BCUT2D eigenvalue weighted by Gasteiger charge is 2.60. The van der Waals surface area contributed by atoms with E-state index in [0.29, 0.717) is 11.3 Å². The normalized spacial score (nSPS) is 36.9. The summed E-state index contributed by atoms with van der Waals surface area (Å²) in [4.78, 5) is 25.4. The van der Waals surface area contributed by atoms with Gasteiger partial charge in [-0.2, -0.15) is 0 Å². The molecule has 3 rings (SSSR count). The minimum atomic E-state index is -1.01. The topological polar surface area (TPSA) is 105 Å². The lowest BCUT2D eigenvalue weighted by Gasteiger charge is -2.29. The molecule has 2 aliphatic rings. The number of H-pyrrole nitrogens is 1. The SMILES string of the molecule is Cc1cn(C2O[C@@]3(CO)CS[C@@H]2[C@@H]3O)c(=O)[nH]c1=O. The third kappa shape index (κ3) is 1.71. The number of aryl methyl sites for hydroxylation is 1. The molecule has 3 N–H and O–H groups in total. The minimum Gasteiger partial charge on any atom is -0.393 e. The number of ether oxygens (including phenoxy) is 1. The third-order valence-electron chi connectivity index (χ3n) is 3.69. The van der Waals surface area contributed by atoms with Crippen LogP contribution in [0.3, 0.4) is 0 Å². The van der Waals surface area contributed by atoms with Gasteiger partial charge in [0.25, 0.3) is 5.56 Å². The standard InChI is InChI=1S/C11H14N2O5S/c1-5-2-13(10(17)12-8(5)16)9-6-7(15)11(3-14,18-9)4-19-6/h2,6-7,9,14-15H,3-4H2,1H3,(H,12,16,17)/t6-,7+,9?,11+/m1/s1. The highest BCUT2D eigenvalue weighted by atomic mass is 32.2. The van der Waals surface area contributed by atoms with Crippen LogP contribution >= 0.6 is 11.8 Å². The van der Waals surface area contributed by atoms with Crippen LogP contribution in [0, 0.1) is 6.92 Å². The number of fused-ring (bicyclic) bond motifs is 2. The smallest absolute Gasteiger partial charge is 0.330 e. The molecule has 0 radical (unpaired) electrons. The van der Waals surface area contributed by atoms with Crippen LogP contribution in [0.5, 0.6) is 0 Å².